The monoisotopic (exact) mass is 327 g/mol. The molecule has 0 bridgehead atoms. The molecule has 0 aromatic carbocycles. The second-order valence-corrected chi connectivity index (χ2v) is 5.09. The van der Waals surface area contributed by atoms with Gasteiger partial charge in [0.05, 0.1) is 22.9 Å². The fourth-order valence-electron chi connectivity index (χ4n) is 2.42. The Morgan fingerprint density at radius 2 is 2.09 bits per heavy atom. The number of hydrogen-bond donors (Lipinski definition) is 1. The first-order chi connectivity index (χ1) is 10.8. The van der Waals surface area contributed by atoms with E-state index in [1.807, 2.05) is 6.92 Å². The van der Waals surface area contributed by atoms with Crippen molar-refractivity contribution in [3.8, 4) is 0 Å². The Morgan fingerprint density at radius 3 is 2.61 bits per heavy atom. The summed E-state index contributed by atoms with van der Waals surface area (Å²) in [6.45, 7) is 5.22. The Balaban J connectivity index is 2.32. The van der Waals surface area contributed by atoms with E-state index >= 15 is 0 Å². The van der Waals surface area contributed by atoms with E-state index in [9.17, 15) is 18.0 Å². The van der Waals surface area contributed by atoms with Crippen molar-refractivity contribution in [2.24, 2.45) is 0 Å². The molecular formula is C15H16F3N3O2. The highest BCUT2D eigenvalue weighted by molar-refractivity contribution is 5.96. The molecule has 0 saturated carbocycles. The van der Waals surface area contributed by atoms with Crippen LogP contribution in [0, 0.1) is 13.8 Å². The topological polar surface area (TPSA) is 68.0 Å². The van der Waals surface area contributed by atoms with Crippen molar-refractivity contribution in [1.82, 2.24) is 15.5 Å². The molecule has 0 spiro atoms. The normalized spacial score (nSPS) is 13.0. The zero-order valence-corrected chi connectivity index (χ0v) is 12.9. The van der Waals surface area contributed by atoms with Crippen LogP contribution in [0.1, 0.15) is 52.3 Å². The highest BCUT2D eigenvalue weighted by atomic mass is 19.4. The van der Waals surface area contributed by atoms with Crippen LogP contribution in [0.4, 0.5) is 13.2 Å². The number of pyridine rings is 1. The number of alkyl halides is 3. The minimum atomic E-state index is -4.65. The van der Waals surface area contributed by atoms with Crippen molar-refractivity contribution in [1.29, 1.82) is 0 Å². The zero-order valence-electron chi connectivity index (χ0n) is 12.9. The second kappa shape index (κ2) is 6.39. The zero-order chi connectivity index (χ0) is 17.2. The fraction of sp³-hybridized carbons (Fsp3) is 0.400. The van der Waals surface area contributed by atoms with E-state index in [1.165, 1.54) is 0 Å². The molecule has 0 aliphatic heterocycles. The Hall–Kier alpha value is -2.38. The van der Waals surface area contributed by atoms with Gasteiger partial charge in [-0.15, -0.1) is 0 Å². The molecule has 0 fully saturated rings. The van der Waals surface area contributed by atoms with Gasteiger partial charge in [0.1, 0.15) is 5.76 Å². The second-order valence-electron chi connectivity index (χ2n) is 5.09. The molecule has 2 heterocycles. The minimum absolute atomic E-state index is 0.460. The molecule has 1 N–H and O–H groups in total. The minimum Gasteiger partial charge on any atom is -0.361 e. The third kappa shape index (κ3) is 3.52. The molecule has 124 valence electrons. The lowest BCUT2D eigenvalue weighted by molar-refractivity contribution is -0.138. The number of aryl methyl sites for hydroxylation is 2. The van der Waals surface area contributed by atoms with Crippen LogP contribution in [-0.4, -0.2) is 16.0 Å². The quantitative estimate of drug-likeness (QED) is 0.932. The molecule has 0 aliphatic carbocycles. The number of aromatic nitrogens is 2. The van der Waals surface area contributed by atoms with Crippen molar-refractivity contribution in [3.05, 3.63) is 46.6 Å². The molecule has 0 unspecified atom stereocenters. The van der Waals surface area contributed by atoms with Crippen LogP contribution in [0.2, 0.25) is 0 Å². The predicted octanol–water partition coefficient (Wildman–Crippen LogP) is 3.59. The van der Waals surface area contributed by atoms with Gasteiger partial charge in [-0.2, -0.15) is 13.2 Å². The number of rotatable bonds is 4. The van der Waals surface area contributed by atoms with E-state index < -0.39 is 29.3 Å². The van der Waals surface area contributed by atoms with E-state index in [2.05, 4.69) is 15.5 Å². The molecular weight excluding hydrogens is 311 g/mol. The van der Waals surface area contributed by atoms with Gasteiger partial charge in [-0.05, 0) is 26.3 Å². The molecule has 5 nitrogen and oxygen atoms in total. The Bertz CT molecular complexity index is 691. The SMILES string of the molecule is CC[C@H](NC(=O)c1ccncc1C(F)(F)F)c1c(C)noc1C. The molecule has 0 radical (unpaired) electrons. The number of nitrogens with zero attached hydrogens (tertiary/aromatic N) is 2. The third-order valence-corrected chi connectivity index (χ3v) is 3.52. The largest absolute Gasteiger partial charge is 0.418 e. The Kier molecular flexibility index (Phi) is 4.72. The lowest BCUT2D eigenvalue weighted by Gasteiger charge is -2.18. The summed E-state index contributed by atoms with van der Waals surface area (Å²) in [5, 5.41) is 6.42. The number of amides is 1. The maximum atomic E-state index is 13.0. The first kappa shape index (κ1) is 17.0. The van der Waals surface area contributed by atoms with E-state index in [4.69, 9.17) is 4.52 Å². The summed E-state index contributed by atoms with van der Waals surface area (Å²) in [4.78, 5) is 15.8. The summed E-state index contributed by atoms with van der Waals surface area (Å²) in [6, 6.07) is 0.570. The summed E-state index contributed by atoms with van der Waals surface area (Å²) < 4.78 is 44.0. The Labute approximate surface area is 130 Å². The number of hydrogen-bond acceptors (Lipinski definition) is 4. The standard InChI is InChI=1S/C15H16F3N3O2/c1-4-12(13-8(2)21-23-9(13)3)20-14(22)10-5-6-19-7-11(10)15(16,17)18/h5-7,12H,4H2,1-3H3,(H,20,22)/t12-/m0/s1. The smallest absolute Gasteiger partial charge is 0.361 e. The van der Waals surface area contributed by atoms with Crippen LogP contribution >= 0.6 is 0 Å². The molecule has 2 rings (SSSR count). The van der Waals surface area contributed by atoms with Crippen LogP contribution in [0.5, 0.6) is 0 Å². The number of carbonyl (C=O) groups excluding carboxylic acids is 1. The molecule has 2 aromatic heterocycles. The van der Waals surface area contributed by atoms with Gasteiger partial charge in [0.2, 0.25) is 0 Å². The number of carbonyl (C=O) groups is 1. The molecule has 8 heteroatoms. The first-order valence-electron chi connectivity index (χ1n) is 7.00. The van der Waals surface area contributed by atoms with Crippen LogP contribution in [0.15, 0.2) is 23.0 Å². The highest BCUT2D eigenvalue weighted by Gasteiger charge is 2.36. The van der Waals surface area contributed by atoms with Gasteiger partial charge in [0.25, 0.3) is 5.91 Å². The van der Waals surface area contributed by atoms with Gasteiger partial charge < -0.3 is 9.84 Å². The van der Waals surface area contributed by atoms with Gasteiger partial charge in [-0.25, -0.2) is 0 Å². The average Bonchev–Trinajstić information content (AvgIpc) is 2.83. The maximum absolute atomic E-state index is 13.0. The molecule has 1 amide bonds. The van der Waals surface area contributed by atoms with Gasteiger partial charge in [-0.3, -0.25) is 9.78 Å². The molecule has 0 saturated heterocycles. The summed E-state index contributed by atoms with van der Waals surface area (Å²) in [5.41, 5.74) is -0.243. The van der Waals surface area contributed by atoms with Crippen molar-refractivity contribution in [2.45, 2.75) is 39.4 Å². The molecule has 2 aromatic rings. The van der Waals surface area contributed by atoms with Gasteiger partial charge in [0.15, 0.2) is 0 Å². The lowest BCUT2D eigenvalue weighted by Crippen LogP contribution is -2.30. The predicted molar refractivity (Wildman–Crippen MR) is 75.7 cm³/mol. The van der Waals surface area contributed by atoms with E-state index in [0.29, 0.717) is 29.6 Å². The fourth-order valence-corrected chi connectivity index (χ4v) is 2.42. The van der Waals surface area contributed by atoms with E-state index in [1.54, 1.807) is 13.8 Å². The average molecular weight is 327 g/mol. The number of nitrogens with one attached hydrogen (secondary N) is 1. The van der Waals surface area contributed by atoms with Crippen molar-refractivity contribution < 1.29 is 22.5 Å². The van der Waals surface area contributed by atoms with E-state index in [0.717, 1.165) is 12.3 Å². The van der Waals surface area contributed by atoms with E-state index in [-0.39, 0.29) is 0 Å². The number of halogens is 3. The first-order valence-corrected chi connectivity index (χ1v) is 7.00. The van der Waals surface area contributed by atoms with Gasteiger partial charge in [-0.1, -0.05) is 12.1 Å². The summed E-state index contributed by atoms with van der Waals surface area (Å²) in [6.07, 6.45) is -2.36. The summed E-state index contributed by atoms with van der Waals surface area (Å²) >= 11 is 0. The maximum Gasteiger partial charge on any atom is 0.418 e. The van der Waals surface area contributed by atoms with Crippen molar-refractivity contribution in [3.63, 3.8) is 0 Å². The summed E-state index contributed by atoms with van der Waals surface area (Å²) in [7, 11) is 0. The molecule has 1 atom stereocenters. The van der Waals surface area contributed by atoms with Crippen LogP contribution in [-0.2, 0) is 6.18 Å². The van der Waals surface area contributed by atoms with Crippen LogP contribution < -0.4 is 5.32 Å². The van der Waals surface area contributed by atoms with Gasteiger partial charge >= 0.3 is 6.18 Å². The third-order valence-electron chi connectivity index (χ3n) is 3.52. The summed E-state index contributed by atoms with van der Waals surface area (Å²) in [5.74, 6) is -0.285. The van der Waals surface area contributed by atoms with Crippen LogP contribution in [0.25, 0.3) is 0 Å². The Morgan fingerprint density at radius 1 is 1.39 bits per heavy atom. The van der Waals surface area contributed by atoms with Crippen LogP contribution in [0.3, 0.4) is 0 Å². The van der Waals surface area contributed by atoms with Crippen molar-refractivity contribution in [2.75, 3.05) is 0 Å². The molecule has 23 heavy (non-hydrogen) atoms. The van der Waals surface area contributed by atoms with Gasteiger partial charge in [0, 0.05) is 18.0 Å². The lowest BCUT2D eigenvalue weighted by atomic mass is 10.0. The van der Waals surface area contributed by atoms with Crippen molar-refractivity contribution >= 4 is 5.91 Å². The highest BCUT2D eigenvalue weighted by Crippen LogP contribution is 2.32. The molecule has 0 aliphatic rings.